The summed E-state index contributed by atoms with van der Waals surface area (Å²) in [6.45, 7) is 2.17. The van der Waals surface area contributed by atoms with E-state index >= 15 is 0 Å². The van der Waals surface area contributed by atoms with Crippen molar-refractivity contribution < 1.29 is 9.53 Å². The van der Waals surface area contributed by atoms with E-state index in [9.17, 15) is 4.79 Å². The molecular formula is C12H16N2O2S. The van der Waals surface area contributed by atoms with Crippen LogP contribution in [0.3, 0.4) is 0 Å². The van der Waals surface area contributed by atoms with Gasteiger partial charge in [0.2, 0.25) is 0 Å². The molecule has 0 radical (unpaired) electrons. The van der Waals surface area contributed by atoms with Gasteiger partial charge in [0.05, 0.1) is 12.1 Å². The average Bonchev–Trinajstić information content (AvgIpc) is 2.79. The van der Waals surface area contributed by atoms with E-state index in [2.05, 4.69) is 22.5 Å². The molecule has 92 valence electrons. The van der Waals surface area contributed by atoms with Gasteiger partial charge in [-0.15, -0.1) is 11.3 Å². The standard InChI is InChI=1S/C12H16N2O2S/c1-2-16-12(15)10-11(17-8-13-10)14-9-6-4-3-5-7-9/h3-4,8-9,14H,2,5-7H2,1H3. The third-order valence-electron chi connectivity index (χ3n) is 2.64. The first-order chi connectivity index (χ1) is 8.31. The van der Waals surface area contributed by atoms with Gasteiger partial charge in [-0.2, -0.15) is 0 Å². The van der Waals surface area contributed by atoms with Crippen LogP contribution in [0, 0.1) is 0 Å². The van der Waals surface area contributed by atoms with Crippen LogP contribution in [0.5, 0.6) is 0 Å². The van der Waals surface area contributed by atoms with Gasteiger partial charge in [-0.3, -0.25) is 0 Å². The number of rotatable bonds is 4. The molecular weight excluding hydrogens is 236 g/mol. The number of hydrogen-bond acceptors (Lipinski definition) is 5. The summed E-state index contributed by atoms with van der Waals surface area (Å²) >= 11 is 1.45. The molecule has 1 aromatic heterocycles. The zero-order chi connectivity index (χ0) is 12.1. The molecule has 0 spiro atoms. The van der Waals surface area contributed by atoms with Crippen molar-refractivity contribution in [3.8, 4) is 0 Å². The van der Waals surface area contributed by atoms with Gasteiger partial charge in [-0.1, -0.05) is 12.2 Å². The van der Waals surface area contributed by atoms with Crippen molar-refractivity contribution >= 4 is 22.3 Å². The number of thiazole rings is 1. The Hall–Kier alpha value is -1.36. The second-order valence-electron chi connectivity index (χ2n) is 3.88. The van der Waals surface area contributed by atoms with Crippen molar-refractivity contribution in [2.45, 2.75) is 32.2 Å². The van der Waals surface area contributed by atoms with Crippen molar-refractivity contribution in [2.75, 3.05) is 11.9 Å². The number of ether oxygens (including phenoxy) is 1. The van der Waals surface area contributed by atoms with E-state index in [0.29, 0.717) is 18.3 Å². The molecule has 0 bridgehead atoms. The van der Waals surface area contributed by atoms with Crippen LogP contribution in [0.15, 0.2) is 17.7 Å². The zero-order valence-electron chi connectivity index (χ0n) is 9.81. The van der Waals surface area contributed by atoms with E-state index in [1.165, 1.54) is 11.3 Å². The number of anilines is 1. The molecule has 1 aromatic rings. The quantitative estimate of drug-likeness (QED) is 0.661. The van der Waals surface area contributed by atoms with Crippen LogP contribution in [-0.2, 0) is 4.74 Å². The number of carbonyl (C=O) groups excluding carboxylic acids is 1. The molecule has 0 aromatic carbocycles. The fraction of sp³-hybridized carbons (Fsp3) is 0.500. The van der Waals surface area contributed by atoms with Crippen molar-refractivity contribution in [2.24, 2.45) is 0 Å². The molecule has 0 saturated heterocycles. The molecule has 17 heavy (non-hydrogen) atoms. The number of nitrogens with one attached hydrogen (secondary N) is 1. The average molecular weight is 252 g/mol. The summed E-state index contributed by atoms with van der Waals surface area (Å²) in [5, 5.41) is 4.20. The number of aromatic nitrogens is 1. The van der Waals surface area contributed by atoms with Crippen LogP contribution >= 0.6 is 11.3 Å². The summed E-state index contributed by atoms with van der Waals surface area (Å²) < 4.78 is 4.97. The second kappa shape index (κ2) is 5.82. The van der Waals surface area contributed by atoms with Gasteiger partial charge in [0.1, 0.15) is 5.00 Å². The first kappa shape index (κ1) is 12.1. The van der Waals surface area contributed by atoms with E-state index < -0.39 is 0 Å². The van der Waals surface area contributed by atoms with Gasteiger partial charge in [0, 0.05) is 6.04 Å². The normalized spacial score (nSPS) is 19.0. The SMILES string of the molecule is CCOC(=O)c1ncsc1NC1CC=CCC1. The molecule has 1 heterocycles. The Kier molecular flexibility index (Phi) is 4.14. The number of hydrogen-bond donors (Lipinski definition) is 1. The fourth-order valence-corrected chi connectivity index (χ4v) is 2.55. The summed E-state index contributed by atoms with van der Waals surface area (Å²) in [5.74, 6) is -0.345. The number of esters is 1. The summed E-state index contributed by atoms with van der Waals surface area (Å²) in [6.07, 6.45) is 7.55. The molecule has 0 saturated carbocycles. The van der Waals surface area contributed by atoms with Crippen LogP contribution in [0.25, 0.3) is 0 Å². The van der Waals surface area contributed by atoms with Gasteiger partial charge in [-0.05, 0) is 26.2 Å². The molecule has 2 rings (SSSR count). The van der Waals surface area contributed by atoms with Gasteiger partial charge >= 0.3 is 5.97 Å². The van der Waals surface area contributed by atoms with Gasteiger partial charge in [0.25, 0.3) is 0 Å². The number of carbonyl (C=O) groups is 1. The largest absolute Gasteiger partial charge is 0.461 e. The Balaban J connectivity index is 2.03. The topological polar surface area (TPSA) is 51.2 Å². The van der Waals surface area contributed by atoms with E-state index in [4.69, 9.17) is 4.74 Å². The molecule has 0 aliphatic heterocycles. The van der Waals surface area contributed by atoms with Crippen LogP contribution < -0.4 is 5.32 Å². The Morgan fingerprint density at radius 1 is 1.65 bits per heavy atom. The lowest BCUT2D eigenvalue weighted by Crippen LogP contribution is -2.21. The third-order valence-corrected chi connectivity index (χ3v) is 3.40. The van der Waals surface area contributed by atoms with Crippen molar-refractivity contribution in [3.05, 3.63) is 23.4 Å². The molecule has 1 unspecified atom stereocenters. The second-order valence-corrected chi connectivity index (χ2v) is 4.73. The van der Waals surface area contributed by atoms with Crippen LogP contribution in [0.4, 0.5) is 5.00 Å². The predicted octanol–water partition coefficient (Wildman–Crippen LogP) is 2.84. The minimum atomic E-state index is -0.345. The molecule has 0 fully saturated rings. The van der Waals surface area contributed by atoms with Gasteiger partial charge < -0.3 is 10.1 Å². The zero-order valence-corrected chi connectivity index (χ0v) is 10.6. The maximum Gasteiger partial charge on any atom is 0.360 e. The third kappa shape index (κ3) is 3.06. The van der Waals surface area contributed by atoms with Crippen LogP contribution in [0.1, 0.15) is 36.7 Å². The molecule has 5 heteroatoms. The van der Waals surface area contributed by atoms with Crippen LogP contribution in [0.2, 0.25) is 0 Å². The monoisotopic (exact) mass is 252 g/mol. The summed E-state index contributed by atoms with van der Waals surface area (Å²) in [7, 11) is 0. The predicted molar refractivity (Wildman–Crippen MR) is 68.5 cm³/mol. The molecule has 0 amide bonds. The lowest BCUT2D eigenvalue weighted by atomic mass is 10.0. The Bertz CT molecular complexity index is 414. The van der Waals surface area contributed by atoms with Crippen molar-refractivity contribution in [3.63, 3.8) is 0 Å². The minimum absolute atomic E-state index is 0.345. The molecule has 1 N–H and O–H groups in total. The van der Waals surface area contributed by atoms with Gasteiger partial charge in [-0.25, -0.2) is 9.78 Å². The minimum Gasteiger partial charge on any atom is -0.461 e. The fourth-order valence-electron chi connectivity index (χ4n) is 1.80. The molecule has 1 atom stereocenters. The van der Waals surface area contributed by atoms with E-state index in [1.807, 2.05) is 0 Å². The number of allylic oxidation sites excluding steroid dienone is 1. The van der Waals surface area contributed by atoms with Crippen LogP contribution in [-0.4, -0.2) is 23.6 Å². The highest BCUT2D eigenvalue weighted by atomic mass is 32.1. The highest BCUT2D eigenvalue weighted by Gasteiger charge is 2.19. The summed E-state index contributed by atoms with van der Waals surface area (Å²) in [5.41, 5.74) is 2.08. The molecule has 1 aliphatic rings. The number of nitrogens with zero attached hydrogens (tertiary/aromatic N) is 1. The van der Waals surface area contributed by atoms with E-state index in [1.54, 1.807) is 12.4 Å². The maximum absolute atomic E-state index is 11.6. The van der Waals surface area contributed by atoms with Crippen molar-refractivity contribution in [1.82, 2.24) is 4.98 Å². The lowest BCUT2D eigenvalue weighted by Gasteiger charge is -2.19. The Labute approximate surface area is 105 Å². The highest BCUT2D eigenvalue weighted by Crippen LogP contribution is 2.25. The Morgan fingerprint density at radius 3 is 3.24 bits per heavy atom. The van der Waals surface area contributed by atoms with E-state index in [-0.39, 0.29) is 5.97 Å². The Morgan fingerprint density at radius 2 is 2.53 bits per heavy atom. The molecule has 4 nitrogen and oxygen atoms in total. The lowest BCUT2D eigenvalue weighted by molar-refractivity contribution is 0.0521. The highest BCUT2D eigenvalue weighted by molar-refractivity contribution is 7.14. The molecule has 1 aliphatic carbocycles. The first-order valence-electron chi connectivity index (χ1n) is 5.83. The smallest absolute Gasteiger partial charge is 0.360 e. The van der Waals surface area contributed by atoms with Gasteiger partial charge in [0.15, 0.2) is 5.69 Å². The van der Waals surface area contributed by atoms with E-state index in [0.717, 1.165) is 24.3 Å². The summed E-state index contributed by atoms with van der Waals surface area (Å²) in [6, 6.07) is 0.397. The maximum atomic E-state index is 11.6. The van der Waals surface area contributed by atoms with Crippen molar-refractivity contribution in [1.29, 1.82) is 0 Å². The summed E-state index contributed by atoms with van der Waals surface area (Å²) in [4.78, 5) is 15.7. The first-order valence-corrected chi connectivity index (χ1v) is 6.71.